The smallest absolute Gasteiger partial charge is 0.273 e. The second kappa shape index (κ2) is 5.14. The highest BCUT2D eigenvalue weighted by molar-refractivity contribution is 7.13. The van der Waals surface area contributed by atoms with E-state index in [4.69, 9.17) is 4.42 Å². The third kappa shape index (κ3) is 2.29. The van der Waals surface area contributed by atoms with Crippen LogP contribution in [0.3, 0.4) is 0 Å². The molecule has 5 nitrogen and oxygen atoms in total. The van der Waals surface area contributed by atoms with Crippen LogP contribution in [0.15, 0.2) is 28.2 Å². The highest BCUT2D eigenvalue weighted by Gasteiger charge is 2.30. The highest BCUT2D eigenvalue weighted by atomic mass is 32.1. The molecule has 3 heterocycles. The zero-order valence-corrected chi connectivity index (χ0v) is 11.1. The van der Waals surface area contributed by atoms with Gasteiger partial charge in [0.1, 0.15) is 5.69 Å². The molecule has 0 saturated carbocycles. The van der Waals surface area contributed by atoms with E-state index in [1.807, 2.05) is 6.07 Å². The van der Waals surface area contributed by atoms with Crippen molar-refractivity contribution in [3.63, 3.8) is 0 Å². The van der Waals surface area contributed by atoms with Crippen molar-refractivity contribution < 1.29 is 14.3 Å². The summed E-state index contributed by atoms with van der Waals surface area (Å²) in [6.45, 7) is 0.707. The van der Waals surface area contributed by atoms with Crippen LogP contribution >= 0.6 is 11.3 Å². The summed E-state index contributed by atoms with van der Waals surface area (Å²) < 4.78 is 5.26. The van der Waals surface area contributed by atoms with Crippen molar-refractivity contribution in [1.82, 2.24) is 9.88 Å². The Bertz CT molecular complexity index is 564. The number of hydrogen-bond donors (Lipinski definition) is 1. The lowest BCUT2D eigenvalue weighted by molar-refractivity contribution is 0.0672. The van der Waals surface area contributed by atoms with Gasteiger partial charge < -0.3 is 14.4 Å². The van der Waals surface area contributed by atoms with Crippen molar-refractivity contribution in [3.05, 3.63) is 29.5 Å². The summed E-state index contributed by atoms with van der Waals surface area (Å²) in [7, 11) is 0. The quantitative estimate of drug-likeness (QED) is 0.932. The van der Waals surface area contributed by atoms with Crippen LogP contribution in [-0.4, -0.2) is 40.1 Å². The summed E-state index contributed by atoms with van der Waals surface area (Å²) in [6.07, 6.45) is 3.38. The van der Waals surface area contributed by atoms with E-state index in [2.05, 4.69) is 4.98 Å². The third-order valence-electron chi connectivity index (χ3n) is 3.30. The van der Waals surface area contributed by atoms with Crippen LogP contribution in [-0.2, 0) is 0 Å². The van der Waals surface area contributed by atoms with Gasteiger partial charge in [-0.3, -0.25) is 4.79 Å². The number of carbonyl (C=O) groups is 1. The maximum atomic E-state index is 12.3. The number of thiazole rings is 1. The molecule has 1 fully saturated rings. The van der Waals surface area contributed by atoms with Crippen LogP contribution < -0.4 is 0 Å². The monoisotopic (exact) mass is 278 g/mol. The molecule has 2 aromatic rings. The SMILES string of the molecule is O=C(c1csc(-c2ccco2)n1)N1CCCC1CO. The zero-order chi connectivity index (χ0) is 13.2. The standard InChI is InChI=1S/C13H14N2O3S/c16-7-9-3-1-5-15(9)13(17)10-8-19-12(14-10)11-4-2-6-18-11/h2,4,6,8-9,16H,1,3,5,7H2. The van der Waals surface area contributed by atoms with Gasteiger partial charge in [-0.25, -0.2) is 4.98 Å². The topological polar surface area (TPSA) is 66.6 Å². The Morgan fingerprint density at radius 2 is 2.53 bits per heavy atom. The maximum absolute atomic E-state index is 12.3. The molecular formula is C13H14N2O3S. The molecule has 1 N–H and O–H groups in total. The molecule has 1 unspecified atom stereocenters. The van der Waals surface area contributed by atoms with Crippen molar-refractivity contribution in [2.75, 3.05) is 13.2 Å². The average Bonchev–Trinajstić information content (AvgIpc) is 3.16. The minimum atomic E-state index is -0.106. The molecule has 1 aliphatic heterocycles. The summed E-state index contributed by atoms with van der Waals surface area (Å²) in [6, 6.07) is 3.54. The Balaban J connectivity index is 1.81. The van der Waals surface area contributed by atoms with E-state index < -0.39 is 0 Å². The number of furan rings is 1. The van der Waals surface area contributed by atoms with Gasteiger partial charge in [-0.15, -0.1) is 11.3 Å². The first-order chi connectivity index (χ1) is 9.29. The number of aliphatic hydroxyl groups excluding tert-OH is 1. The summed E-state index contributed by atoms with van der Waals surface area (Å²) in [5.41, 5.74) is 0.428. The number of rotatable bonds is 3. The van der Waals surface area contributed by atoms with E-state index in [1.165, 1.54) is 11.3 Å². The first kappa shape index (κ1) is 12.4. The van der Waals surface area contributed by atoms with Crippen molar-refractivity contribution in [2.45, 2.75) is 18.9 Å². The number of likely N-dealkylation sites (tertiary alicyclic amines) is 1. The van der Waals surface area contributed by atoms with Crippen LogP contribution in [0.1, 0.15) is 23.3 Å². The lowest BCUT2D eigenvalue weighted by atomic mass is 10.2. The number of aliphatic hydroxyl groups is 1. The largest absolute Gasteiger partial charge is 0.462 e. The molecule has 2 aromatic heterocycles. The predicted octanol–water partition coefficient (Wildman–Crippen LogP) is 2.00. The van der Waals surface area contributed by atoms with Crippen LogP contribution in [0.4, 0.5) is 0 Å². The van der Waals surface area contributed by atoms with E-state index in [-0.39, 0.29) is 18.6 Å². The number of aromatic nitrogens is 1. The molecule has 19 heavy (non-hydrogen) atoms. The Labute approximate surface area is 114 Å². The molecular weight excluding hydrogens is 264 g/mol. The van der Waals surface area contributed by atoms with E-state index in [1.54, 1.807) is 22.6 Å². The molecule has 6 heteroatoms. The second-order valence-electron chi connectivity index (χ2n) is 4.49. The lowest BCUT2D eigenvalue weighted by Crippen LogP contribution is -2.37. The average molecular weight is 278 g/mol. The third-order valence-corrected chi connectivity index (χ3v) is 4.16. The molecule has 0 aliphatic carbocycles. The van der Waals surface area contributed by atoms with Crippen LogP contribution in [0.25, 0.3) is 10.8 Å². The van der Waals surface area contributed by atoms with Crippen LogP contribution in [0, 0.1) is 0 Å². The van der Waals surface area contributed by atoms with Crippen molar-refractivity contribution in [2.24, 2.45) is 0 Å². The minimum absolute atomic E-state index is 0.0148. The maximum Gasteiger partial charge on any atom is 0.273 e. The number of hydrogen-bond acceptors (Lipinski definition) is 5. The van der Waals surface area contributed by atoms with Crippen molar-refractivity contribution in [1.29, 1.82) is 0 Å². The van der Waals surface area contributed by atoms with Gasteiger partial charge in [0.15, 0.2) is 10.8 Å². The lowest BCUT2D eigenvalue weighted by Gasteiger charge is -2.21. The van der Waals surface area contributed by atoms with Gasteiger partial charge in [0.05, 0.1) is 18.9 Å². The molecule has 0 spiro atoms. The molecule has 0 radical (unpaired) electrons. The van der Waals surface area contributed by atoms with E-state index in [9.17, 15) is 9.90 Å². The van der Waals surface area contributed by atoms with Gasteiger partial charge in [0.2, 0.25) is 0 Å². The van der Waals surface area contributed by atoms with E-state index in [0.29, 0.717) is 23.0 Å². The van der Waals surface area contributed by atoms with Crippen molar-refractivity contribution >= 4 is 17.2 Å². The Morgan fingerprint density at radius 1 is 1.63 bits per heavy atom. The van der Waals surface area contributed by atoms with Gasteiger partial charge in [-0.05, 0) is 25.0 Å². The van der Waals surface area contributed by atoms with Gasteiger partial charge in [-0.2, -0.15) is 0 Å². The Kier molecular flexibility index (Phi) is 3.35. The second-order valence-corrected chi connectivity index (χ2v) is 5.35. The number of nitrogens with zero attached hydrogens (tertiary/aromatic N) is 2. The molecule has 3 rings (SSSR count). The van der Waals surface area contributed by atoms with Crippen LogP contribution in [0.2, 0.25) is 0 Å². The van der Waals surface area contributed by atoms with E-state index >= 15 is 0 Å². The van der Waals surface area contributed by atoms with Gasteiger partial charge in [0.25, 0.3) is 5.91 Å². The Hall–Kier alpha value is -1.66. The predicted molar refractivity (Wildman–Crippen MR) is 71.0 cm³/mol. The summed E-state index contributed by atoms with van der Waals surface area (Å²) in [5, 5.41) is 11.7. The molecule has 1 aliphatic rings. The molecule has 1 atom stereocenters. The molecule has 0 bridgehead atoms. The Morgan fingerprint density at radius 3 is 3.26 bits per heavy atom. The van der Waals surface area contributed by atoms with Gasteiger partial charge >= 0.3 is 0 Å². The summed E-state index contributed by atoms with van der Waals surface area (Å²) in [5.74, 6) is 0.565. The molecule has 100 valence electrons. The first-order valence-corrected chi connectivity index (χ1v) is 7.09. The normalized spacial score (nSPS) is 19.0. The zero-order valence-electron chi connectivity index (χ0n) is 10.3. The van der Waals surface area contributed by atoms with Gasteiger partial charge in [-0.1, -0.05) is 0 Å². The van der Waals surface area contributed by atoms with E-state index in [0.717, 1.165) is 12.8 Å². The molecule has 1 saturated heterocycles. The minimum Gasteiger partial charge on any atom is -0.462 e. The summed E-state index contributed by atoms with van der Waals surface area (Å²) in [4.78, 5) is 18.4. The number of amides is 1. The highest BCUT2D eigenvalue weighted by Crippen LogP contribution is 2.26. The fourth-order valence-corrected chi connectivity index (χ4v) is 3.09. The number of carbonyl (C=O) groups excluding carboxylic acids is 1. The van der Waals surface area contributed by atoms with Crippen LogP contribution in [0.5, 0.6) is 0 Å². The molecule has 1 amide bonds. The van der Waals surface area contributed by atoms with Gasteiger partial charge in [0, 0.05) is 11.9 Å². The summed E-state index contributed by atoms with van der Waals surface area (Å²) >= 11 is 1.39. The molecule has 0 aromatic carbocycles. The fourth-order valence-electron chi connectivity index (χ4n) is 2.33. The van der Waals surface area contributed by atoms with Crippen molar-refractivity contribution in [3.8, 4) is 10.8 Å². The first-order valence-electron chi connectivity index (χ1n) is 6.21. The fraction of sp³-hybridized carbons (Fsp3) is 0.385.